The summed E-state index contributed by atoms with van der Waals surface area (Å²) in [6.45, 7) is 2.76. The Labute approximate surface area is 138 Å². The van der Waals surface area contributed by atoms with Gasteiger partial charge in [-0.15, -0.1) is 0 Å². The van der Waals surface area contributed by atoms with E-state index in [2.05, 4.69) is 11.0 Å². The molecule has 1 saturated carbocycles. The molecule has 124 valence electrons. The number of hydrogen-bond donors (Lipinski definition) is 1. The van der Waals surface area contributed by atoms with E-state index in [0.29, 0.717) is 5.56 Å². The summed E-state index contributed by atoms with van der Waals surface area (Å²) in [6.07, 6.45) is 7.65. The third kappa shape index (κ3) is 4.46. The van der Waals surface area contributed by atoms with Crippen LogP contribution in [0.5, 0.6) is 5.75 Å². The fourth-order valence-corrected chi connectivity index (χ4v) is 3.80. The van der Waals surface area contributed by atoms with Gasteiger partial charge in [-0.3, -0.25) is 0 Å². The van der Waals surface area contributed by atoms with E-state index in [4.69, 9.17) is 10.00 Å². The first kappa shape index (κ1) is 16.3. The molecule has 4 nitrogen and oxygen atoms in total. The average molecular weight is 314 g/mol. The number of benzene rings is 1. The fourth-order valence-electron chi connectivity index (χ4n) is 3.80. The molecular weight excluding hydrogens is 288 g/mol. The zero-order valence-corrected chi connectivity index (χ0v) is 13.7. The van der Waals surface area contributed by atoms with E-state index in [1.165, 1.54) is 6.42 Å². The van der Waals surface area contributed by atoms with Crippen LogP contribution in [0.4, 0.5) is 0 Å². The molecule has 0 unspecified atom stereocenters. The molecule has 1 aromatic rings. The molecule has 3 rings (SSSR count). The van der Waals surface area contributed by atoms with Crippen molar-refractivity contribution in [2.75, 3.05) is 19.6 Å². The molecule has 23 heavy (non-hydrogen) atoms. The Morgan fingerprint density at radius 2 is 1.96 bits per heavy atom. The van der Waals surface area contributed by atoms with Crippen molar-refractivity contribution in [3.8, 4) is 11.8 Å². The fraction of sp³-hybridized carbons (Fsp3) is 0.632. The van der Waals surface area contributed by atoms with Crippen molar-refractivity contribution in [3.63, 3.8) is 0 Å². The summed E-state index contributed by atoms with van der Waals surface area (Å²) in [6, 6.07) is 9.52. The molecule has 0 bridgehead atoms. The van der Waals surface area contributed by atoms with Crippen LogP contribution in [0, 0.1) is 11.3 Å². The van der Waals surface area contributed by atoms with Gasteiger partial charge in [0.05, 0.1) is 17.2 Å². The van der Waals surface area contributed by atoms with Crippen molar-refractivity contribution in [1.29, 1.82) is 5.26 Å². The second-order valence-electron chi connectivity index (χ2n) is 7.02. The van der Waals surface area contributed by atoms with Gasteiger partial charge in [0.1, 0.15) is 11.9 Å². The van der Waals surface area contributed by atoms with Gasteiger partial charge in [-0.2, -0.15) is 5.26 Å². The van der Waals surface area contributed by atoms with Gasteiger partial charge < -0.3 is 14.7 Å². The number of hydrogen-bond acceptors (Lipinski definition) is 4. The zero-order chi connectivity index (χ0) is 16.1. The van der Waals surface area contributed by atoms with E-state index in [1.807, 2.05) is 12.1 Å². The average Bonchev–Trinajstić information content (AvgIpc) is 2.57. The number of nitriles is 1. The molecule has 0 spiro atoms. The summed E-state index contributed by atoms with van der Waals surface area (Å²) in [7, 11) is 0. The Bertz CT molecular complexity index is 553. The molecule has 1 saturated heterocycles. The Morgan fingerprint density at radius 1 is 1.22 bits per heavy atom. The highest BCUT2D eigenvalue weighted by Gasteiger charge is 2.32. The van der Waals surface area contributed by atoms with Gasteiger partial charge >= 0.3 is 0 Å². The second kappa shape index (κ2) is 7.33. The molecule has 0 amide bonds. The van der Waals surface area contributed by atoms with Crippen LogP contribution in [0.3, 0.4) is 0 Å². The molecule has 4 heteroatoms. The topological polar surface area (TPSA) is 56.5 Å². The Morgan fingerprint density at radius 3 is 2.65 bits per heavy atom. The molecule has 1 aliphatic carbocycles. The molecule has 2 fully saturated rings. The number of nitrogens with zero attached hydrogens (tertiary/aromatic N) is 2. The summed E-state index contributed by atoms with van der Waals surface area (Å²) >= 11 is 0. The van der Waals surface area contributed by atoms with Crippen LogP contribution < -0.4 is 4.74 Å². The second-order valence-corrected chi connectivity index (χ2v) is 7.02. The minimum absolute atomic E-state index is 0.209. The minimum Gasteiger partial charge on any atom is -0.490 e. The van der Waals surface area contributed by atoms with Gasteiger partial charge in [0.2, 0.25) is 0 Å². The number of likely N-dealkylation sites (tertiary alicyclic amines) is 1. The summed E-state index contributed by atoms with van der Waals surface area (Å²) in [5.41, 5.74) is 0.173. The van der Waals surface area contributed by atoms with Crippen LogP contribution in [0.15, 0.2) is 24.3 Å². The molecule has 2 aliphatic rings. The van der Waals surface area contributed by atoms with E-state index >= 15 is 0 Å². The first-order chi connectivity index (χ1) is 11.2. The highest BCUT2D eigenvalue weighted by Crippen LogP contribution is 2.30. The SMILES string of the molecule is N#Cc1cccc(OC2CCN(CC3(O)CCCCC3)CC2)c1. The van der Waals surface area contributed by atoms with Crippen molar-refractivity contribution < 1.29 is 9.84 Å². The smallest absolute Gasteiger partial charge is 0.121 e. The van der Waals surface area contributed by atoms with Gasteiger partial charge in [0, 0.05) is 19.6 Å². The van der Waals surface area contributed by atoms with E-state index in [9.17, 15) is 5.11 Å². The molecular formula is C19H26N2O2. The van der Waals surface area contributed by atoms with Gasteiger partial charge in [0.25, 0.3) is 0 Å². The summed E-state index contributed by atoms with van der Waals surface area (Å²) in [5, 5.41) is 19.6. The lowest BCUT2D eigenvalue weighted by Gasteiger charge is -2.40. The van der Waals surface area contributed by atoms with Crippen LogP contribution in [0.25, 0.3) is 0 Å². The lowest BCUT2D eigenvalue weighted by Crippen LogP contribution is -2.48. The predicted octanol–water partition coefficient (Wildman–Crippen LogP) is 3.10. The van der Waals surface area contributed by atoms with E-state index < -0.39 is 5.60 Å². The predicted molar refractivity (Wildman–Crippen MR) is 89.3 cm³/mol. The van der Waals surface area contributed by atoms with Crippen LogP contribution in [-0.4, -0.2) is 41.3 Å². The molecule has 0 aromatic heterocycles. The highest BCUT2D eigenvalue weighted by atomic mass is 16.5. The quantitative estimate of drug-likeness (QED) is 0.928. The Kier molecular flexibility index (Phi) is 5.20. The number of piperidine rings is 1. The lowest BCUT2D eigenvalue weighted by molar-refractivity contribution is -0.0367. The van der Waals surface area contributed by atoms with Crippen LogP contribution in [0.2, 0.25) is 0 Å². The number of rotatable bonds is 4. The highest BCUT2D eigenvalue weighted by molar-refractivity contribution is 5.36. The number of aliphatic hydroxyl groups is 1. The number of β-amino-alcohol motifs (C(OH)–C–C–N with tert-alkyl or cyclic N) is 1. The van der Waals surface area contributed by atoms with Gasteiger partial charge in [-0.05, 0) is 43.9 Å². The molecule has 1 aromatic carbocycles. The largest absolute Gasteiger partial charge is 0.490 e. The molecule has 0 atom stereocenters. The molecule has 1 N–H and O–H groups in total. The maximum absolute atomic E-state index is 10.7. The van der Waals surface area contributed by atoms with Crippen LogP contribution in [0.1, 0.15) is 50.5 Å². The normalized spacial score (nSPS) is 22.4. The van der Waals surface area contributed by atoms with Crippen molar-refractivity contribution in [2.24, 2.45) is 0 Å². The van der Waals surface area contributed by atoms with Crippen molar-refractivity contribution >= 4 is 0 Å². The molecule has 0 radical (unpaired) electrons. The first-order valence-corrected chi connectivity index (χ1v) is 8.78. The van der Waals surface area contributed by atoms with E-state index in [1.54, 1.807) is 12.1 Å². The minimum atomic E-state index is -0.465. The molecule has 1 heterocycles. The summed E-state index contributed by atoms with van der Waals surface area (Å²) in [5.74, 6) is 0.786. The summed E-state index contributed by atoms with van der Waals surface area (Å²) in [4.78, 5) is 2.39. The van der Waals surface area contributed by atoms with Crippen molar-refractivity contribution in [2.45, 2.75) is 56.7 Å². The van der Waals surface area contributed by atoms with E-state index in [0.717, 1.165) is 63.9 Å². The first-order valence-electron chi connectivity index (χ1n) is 8.78. The zero-order valence-electron chi connectivity index (χ0n) is 13.7. The van der Waals surface area contributed by atoms with Crippen molar-refractivity contribution in [1.82, 2.24) is 4.90 Å². The standard InChI is InChI=1S/C19H26N2O2/c20-14-16-5-4-6-18(13-16)23-17-7-11-21(12-8-17)15-19(22)9-2-1-3-10-19/h4-6,13,17,22H,1-3,7-12,15H2. The van der Waals surface area contributed by atoms with Gasteiger partial charge in [-0.1, -0.05) is 25.3 Å². The van der Waals surface area contributed by atoms with Gasteiger partial charge in [0.15, 0.2) is 0 Å². The third-order valence-electron chi connectivity index (χ3n) is 5.10. The Balaban J connectivity index is 1.47. The van der Waals surface area contributed by atoms with Crippen molar-refractivity contribution in [3.05, 3.63) is 29.8 Å². The summed E-state index contributed by atoms with van der Waals surface area (Å²) < 4.78 is 6.02. The third-order valence-corrected chi connectivity index (χ3v) is 5.10. The van der Waals surface area contributed by atoms with Crippen LogP contribution >= 0.6 is 0 Å². The molecule has 1 aliphatic heterocycles. The van der Waals surface area contributed by atoms with Crippen LogP contribution in [-0.2, 0) is 0 Å². The monoisotopic (exact) mass is 314 g/mol. The van der Waals surface area contributed by atoms with Gasteiger partial charge in [-0.25, -0.2) is 0 Å². The lowest BCUT2D eigenvalue weighted by atomic mass is 9.84. The maximum Gasteiger partial charge on any atom is 0.121 e. The van der Waals surface area contributed by atoms with E-state index in [-0.39, 0.29) is 6.10 Å². The Hall–Kier alpha value is -1.57. The maximum atomic E-state index is 10.7. The number of ether oxygens (including phenoxy) is 1.